The zero-order chi connectivity index (χ0) is 20.4. The number of benzene rings is 1. The average molecular weight is 517 g/mol. The van der Waals surface area contributed by atoms with Crippen LogP contribution < -0.4 is 20.7 Å². The van der Waals surface area contributed by atoms with E-state index in [0.717, 1.165) is 37.6 Å². The Morgan fingerprint density at radius 3 is 2.31 bits per heavy atom. The number of nitrogens with zero attached hydrogens (tertiary/aromatic N) is 2. The van der Waals surface area contributed by atoms with E-state index in [4.69, 9.17) is 4.74 Å². The Hall–Kier alpha value is -2.04. The largest absolute Gasteiger partial charge is 0.497 e. The maximum atomic E-state index is 12.2. The van der Waals surface area contributed by atoms with Gasteiger partial charge in [-0.1, -0.05) is 0 Å². The van der Waals surface area contributed by atoms with Gasteiger partial charge in [0.1, 0.15) is 5.75 Å². The molecular weight excluding hydrogens is 485 g/mol. The van der Waals surface area contributed by atoms with Gasteiger partial charge in [-0.25, -0.2) is 0 Å². The first-order valence-corrected chi connectivity index (χ1v) is 9.65. The van der Waals surface area contributed by atoms with E-state index in [9.17, 15) is 9.59 Å². The van der Waals surface area contributed by atoms with Crippen molar-refractivity contribution in [1.82, 2.24) is 20.9 Å². The van der Waals surface area contributed by atoms with E-state index in [2.05, 4.69) is 25.8 Å². The minimum atomic E-state index is -0.116. The molecule has 8 nitrogen and oxygen atoms in total. The minimum absolute atomic E-state index is 0. The van der Waals surface area contributed by atoms with Crippen molar-refractivity contribution in [2.24, 2.45) is 10.9 Å². The number of aliphatic imine (C=N–C) groups is 1. The zero-order valence-corrected chi connectivity index (χ0v) is 19.7. The highest BCUT2D eigenvalue weighted by atomic mass is 127. The zero-order valence-electron chi connectivity index (χ0n) is 17.4. The summed E-state index contributed by atoms with van der Waals surface area (Å²) in [4.78, 5) is 30.2. The first kappa shape index (κ1) is 25.0. The Balaban J connectivity index is 0.00000420. The molecule has 0 spiro atoms. The molecule has 0 aromatic heterocycles. The highest BCUT2D eigenvalue weighted by Gasteiger charge is 2.22. The van der Waals surface area contributed by atoms with Crippen LogP contribution in [0.1, 0.15) is 29.6 Å². The number of rotatable bonds is 7. The molecule has 1 aliphatic heterocycles. The fraction of sp³-hybridized carbons (Fsp3) is 0.550. The standard InChI is InChI=1S/C20H31N5O3.HI/c1-21-18(26)14-15-8-12-25(13-9-15)20(22-2)24-11-10-23-19(27)16-4-6-17(28-3)7-5-16;/h4-7,15H,8-14H2,1-3H3,(H,21,26)(H,22,24)(H,23,27);1H. The highest BCUT2D eigenvalue weighted by molar-refractivity contribution is 14.0. The van der Waals surface area contributed by atoms with Gasteiger partial charge in [0.05, 0.1) is 7.11 Å². The lowest BCUT2D eigenvalue weighted by atomic mass is 9.93. The van der Waals surface area contributed by atoms with Crippen LogP contribution >= 0.6 is 24.0 Å². The van der Waals surface area contributed by atoms with Crippen LogP contribution in [0.15, 0.2) is 29.3 Å². The van der Waals surface area contributed by atoms with Gasteiger partial charge in [-0.15, -0.1) is 24.0 Å². The second-order valence-electron chi connectivity index (χ2n) is 6.77. The first-order valence-electron chi connectivity index (χ1n) is 9.65. The predicted octanol–water partition coefficient (Wildman–Crippen LogP) is 1.47. The van der Waals surface area contributed by atoms with Crippen molar-refractivity contribution in [1.29, 1.82) is 0 Å². The molecule has 29 heavy (non-hydrogen) atoms. The smallest absolute Gasteiger partial charge is 0.251 e. The third-order valence-electron chi connectivity index (χ3n) is 4.92. The Labute approximate surface area is 189 Å². The summed E-state index contributed by atoms with van der Waals surface area (Å²) in [7, 11) is 5.03. The molecule has 0 saturated carbocycles. The van der Waals surface area contributed by atoms with Gasteiger partial charge in [-0.3, -0.25) is 14.6 Å². The average Bonchev–Trinajstić information content (AvgIpc) is 2.74. The summed E-state index contributed by atoms with van der Waals surface area (Å²) >= 11 is 0. The number of ether oxygens (including phenoxy) is 1. The molecule has 1 saturated heterocycles. The minimum Gasteiger partial charge on any atom is -0.497 e. The van der Waals surface area contributed by atoms with Gasteiger partial charge in [-0.2, -0.15) is 0 Å². The van der Waals surface area contributed by atoms with Crippen LogP contribution in [0.25, 0.3) is 0 Å². The quantitative estimate of drug-likeness (QED) is 0.221. The van der Waals surface area contributed by atoms with Crippen LogP contribution in [-0.2, 0) is 4.79 Å². The molecule has 0 aliphatic carbocycles. The molecule has 2 rings (SSSR count). The van der Waals surface area contributed by atoms with Crippen LogP contribution in [0, 0.1) is 5.92 Å². The van der Waals surface area contributed by atoms with Gasteiger partial charge in [-0.05, 0) is 43.0 Å². The highest BCUT2D eigenvalue weighted by Crippen LogP contribution is 2.20. The Morgan fingerprint density at radius 2 is 1.76 bits per heavy atom. The van der Waals surface area contributed by atoms with Gasteiger partial charge in [0.15, 0.2) is 5.96 Å². The molecule has 3 N–H and O–H groups in total. The number of piperidine rings is 1. The monoisotopic (exact) mass is 517 g/mol. The lowest BCUT2D eigenvalue weighted by molar-refractivity contribution is -0.121. The number of guanidine groups is 1. The number of likely N-dealkylation sites (tertiary alicyclic amines) is 1. The normalized spacial score (nSPS) is 14.6. The van der Waals surface area contributed by atoms with Gasteiger partial charge in [0.2, 0.25) is 5.91 Å². The first-order chi connectivity index (χ1) is 13.6. The molecule has 2 amide bonds. The fourth-order valence-electron chi connectivity index (χ4n) is 3.24. The van der Waals surface area contributed by atoms with Gasteiger partial charge >= 0.3 is 0 Å². The van der Waals surface area contributed by atoms with E-state index in [-0.39, 0.29) is 35.8 Å². The Kier molecular flexibility index (Phi) is 11.4. The van der Waals surface area contributed by atoms with Crippen molar-refractivity contribution in [3.63, 3.8) is 0 Å². The van der Waals surface area contributed by atoms with E-state index in [0.29, 0.717) is 31.0 Å². The lowest BCUT2D eigenvalue weighted by Crippen LogP contribution is -2.47. The summed E-state index contributed by atoms with van der Waals surface area (Å²) in [5.41, 5.74) is 0.600. The third kappa shape index (κ3) is 8.08. The van der Waals surface area contributed by atoms with E-state index < -0.39 is 0 Å². The van der Waals surface area contributed by atoms with Crippen LogP contribution in [0.3, 0.4) is 0 Å². The van der Waals surface area contributed by atoms with Crippen molar-refractivity contribution in [2.45, 2.75) is 19.3 Å². The van der Waals surface area contributed by atoms with E-state index in [1.54, 1.807) is 45.5 Å². The second kappa shape index (κ2) is 13.2. The van der Waals surface area contributed by atoms with Crippen LogP contribution in [0.5, 0.6) is 5.75 Å². The number of nitrogens with one attached hydrogen (secondary N) is 3. The summed E-state index contributed by atoms with van der Waals surface area (Å²) in [5.74, 6) is 1.97. The molecule has 1 aromatic carbocycles. The van der Waals surface area contributed by atoms with Gasteiger partial charge < -0.3 is 25.6 Å². The van der Waals surface area contributed by atoms with E-state index in [1.165, 1.54) is 0 Å². The number of amides is 2. The van der Waals surface area contributed by atoms with Crippen LogP contribution in [0.4, 0.5) is 0 Å². The van der Waals surface area contributed by atoms with Crippen molar-refractivity contribution >= 4 is 41.8 Å². The molecule has 9 heteroatoms. The number of hydrogen-bond donors (Lipinski definition) is 3. The molecular formula is C20H32IN5O3. The Bertz CT molecular complexity index is 673. The van der Waals surface area contributed by atoms with Crippen molar-refractivity contribution < 1.29 is 14.3 Å². The molecule has 1 fully saturated rings. The van der Waals surface area contributed by atoms with Crippen molar-refractivity contribution in [3.05, 3.63) is 29.8 Å². The van der Waals surface area contributed by atoms with Crippen molar-refractivity contribution in [2.75, 3.05) is 47.4 Å². The summed E-state index contributed by atoms with van der Waals surface area (Å²) in [6.07, 6.45) is 2.54. The number of methoxy groups -OCH3 is 1. The second-order valence-corrected chi connectivity index (χ2v) is 6.77. The molecule has 162 valence electrons. The van der Waals surface area contributed by atoms with Crippen LogP contribution in [0.2, 0.25) is 0 Å². The molecule has 1 aliphatic rings. The van der Waals surface area contributed by atoms with Crippen molar-refractivity contribution in [3.8, 4) is 5.75 Å². The summed E-state index contributed by atoms with van der Waals surface area (Å²) in [6, 6.07) is 7.01. The number of carbonyl (C=O) groups excluding carboxylic acids is 2. The number of carbonyl (C=O) groups is 2. The molecule has 1 heterocycles. The van der Waals surface area contributed by atoms with Gasteiger partial charge in [0, 0.05) is 52.3 Å². The lowest BCUT2D eigenvalue weighted by Gasteiger charge is -2.34. The molecule has 0 bridgehead atoms. The summed E-state index contributed by atoms with van der Waals surface area (Å²) < 4.78 is 5.10. The van der Waals surface area contributed by atoms with E-state index >= 15 is 0 Å². The summed E-state index contributed by atoms with van der Waals surface area (Å²) in [5, 5.41) is 8.88. The fourth-order valence-corrected chi connectivity index (χ4v) is 3.24. The van der Waals surface area contributed by atoms with Crippen LogP contribution in [-0.4, -0.2) is 70.1 Å². The van der Waals surface area contributed by atoms with Gasteiger partial charge in [0.25, 0.3) is 5.91 Å². The molecule has 0 radical (unpaired) electrons. The SMILES string of the molecule is CN=C(NCCNC(=O)c1ccc(OC)cc1)N1CCC(CC(=O)NC)CC1.I. The number of hydrogen-bond acceptors (Lipinski definition) is 4. The third-order valence-corrected chi connectivity index (χ3v) is 4.92. The maximum Gasteiger partial charge on any atom is 0.251 e. The molecule has 0 unspecified atom stereocenters. The Morgan fingerprint density at radius 1 is 1.14 bits per heavy atom. The topological polar surface area (TPSA) is 95.1 Å². The van der Waals surface area contributed by atoms with E-state index in [1.807, 2.05) is 0 Å². The molecule has 0 atom stereocenters. The summed E-state index contributed by atoms with van der Waals surface area (Å²) in [6.45, 7) is 2.84. The number of halogens is 1. The molecule has 1 aromatic rings. The predicted molar refractivity (Wildman–Crippen MR) is 125 cm³/mol. The maximum absolute atomic E-state index is 12.2.